The first-order valence-corrected chi connectivity index (χ1v) is 8.20. The zero-order valence-electron chi connectivity index (χ0n) is 13.3. The van der Waals surface area contributed by atoms with Crippen molar-refractivity contribution in [3.05, 3.63) is 40.5 Å². The molecule has 1 aromatic carbocycles. The Morgan fingerprint density at radius 3 is 2.45 bits per heavy atom. The van der Waals surface area contributed by atoms with Gasteiger partial charge in [0.25, 0.3) is 0 Å². The molecule has 3 rings (SSSR count). The first-order chi connectivity index (χ1) is 10.4. The number of hydrogen-bond acceptors (Lipinski definition) is 4. The van der Waals surface area contributed by atoms with Gasteiger partial charge in [-0.1, -0.05) is 63.3 Å². The smallest absolute Gasteiger partial charge is 0.213 e. The predicted molar refractivity (Wildman–Crippen MR) is 89.8 cm³/mol. The summed E-state index contributed by atoms with van der Waals surface area (Å²) in [5, 5.41) is 5.55. The van der Waals surface area contributed by atoms with Crippen LogP contribution in [-0.2, 0) is 11.8 Å². The topological polar surface area (TPSA) is 47.3 Å². The maximum absolute atomic E-state index is 11.6. The third kappa shape index (κ3) is 2.46. The molecule has 0 fully saturated rings. The standard InChI is InChI=1S/C17H19N3OS/c1-5-11-6-8-12(9-7-11)14-13(10-21)20-16(18-14)22-15(19-20)17(2,3)4/h6-10H,5H2,1-4H3. The molecule has 0 saturated carbocycles. The summed E-state index contributed by atoms with van der Waals surface area (Å²) >= 11 is 1.54. The van der Waals surface area contributed by atoms with E-state index in [0.717, 1.165) is 28.2 Å². The van der Waals surface area contributed by atoms with Gasteiger partial charge in [-0.05, 0) is 12.0 Å². The number of aromatic nitrogens is 3. The van der Waals surface area contributed by atoms with Crippen molar-refractivity contribution in [3.8, 4) is 11.3 Å². The van der Waals surface area contributed by atoms with Gasteiger partial charge in [0.1, 0.15) is 16.4 Å². The molecule has 0 saturated heterocycles. The number of aryl methyl sites for hydroxylation is 1. The van der Waals surface area contributed by atoms with Crippen LogP contribution < -0.4 is 0 Å². The molecule has 0 aliphatic rings. The molecule has 0 N–H and O–H groups in total. The third-order valence-corrected chi connectivity index (χ3v) is 4.96. The van der Waals surface area contributed by atoms with Crippen LogP contribution in [0.1, 0.15) is 48.8 Å². The number of hydrogen-bond donors (Lipinski definition) is 0. The molecule has 0 bridgehead atoms. The van der Waals surface area contributed by atoms with Gasteiger partial charge in [0.05, 0.1) is 0 Å². The fraction of sp³-hybridized carbons (Fsp3) is 0.353. The molecule has 3 aromatic rings. The van der Waals surface area contributed by atoms with E-state index in [1.165, 1.54) is 16.9 Å². The molecule has 0 aliphatic heterocycles. The normalized spacial score (nSPS) is 12.0. The minimum atomic E-state index is -0.0472. The Balaban J connectivity index is 2.14. The molecule has 0 amide bonds. The van der Waals surface area contributed by atoms with Crippen LogP contribution in [0.4, 0.5) is 0 Å². The molecule has 2 aromatic heterocycles. The first kappa shape index (κ1) is 14.9. The van der Waals surface area contributed by atoms with Crippen LogP contribution in [-0.4, -0.2) is 20.9 Å². The van der Waals surface area contributed by atoms with Crippen molar-refractivity contribution in [2.45, 2.75) is 39.5 Å². The molecule has 0 aliphatic carbocycles. The van der Waals surface area contributed by atoms with Crippen LogP contribution >= 0.6 is 11.3 Å². The lowest BCUT2D eigenvalue weighted by Gasteiger charge is -2.12. The lowest BCUT2D eigenvalue weighted by molar-refractivity contribution is 0.111. The van der Waals surface area contributed by atoms with E-state index in [4.69, 9.17) is 0 Å². The number of carbonyl (C=O) groups excluding carboxylic acids is 1. The molecule has 0 spiro atoms. The van der Waals surface area contributed by atoms with Crippen molar-refractivity contribution in [1.82, 2.24) is 14.6 Å². The second kappa shape index (κ2) is 5.32. The van der Waals surface area contributed by atoms with Gasteiger partial charge < -0.3 is 0 Å². The summed E-state index contributed by atoms with van der Waals surface area (Å²) in [6, 6.07) is 8.18. The molecule has 2 heterocycles. The summed E-state index contributed by atoms with van der Waals surface area (Å²) in [6.45, 7) is 8.44. The highest BCUT2D eigenvalue weighted by Crippen LogP contribution is 2.31. The number of fused-ring (bicyclic) bond motifs is 1. The molecular formula is C17H19N3OS. The summed E-state index contributed by atoms with van der Waals surface area (Å²) in [4.78, 5) is 17.0. The molecule has 4 nitrogen and oxygen atoms in total. The molecule has 0 radical (unpaired) electrons. The lowest BCUT2D eigenvalue weighted by Crippen LogP contribution is -2.11. The highest BCUT2D eigenvalue weighted by Gasteiger charge is 2.23. The first-order valence-electron chi connectivity index (χ1n) is 7.38. The van der Waals surface area contributed by atoms with Crippen LogP contribution in [0.25, 0.3) is 16.2 Å². The average molecular weight is 313 g/mol. The predicted octanol–water partition coefficient (Wildman–Crippen LogP) is 4.13. The van der Waals surface area contributed by atoms with E-state index in [-0.39, 0.29) is 5.41 Å². The highest BCUT2D eigenvalue weighted by molar-refractivity contribution is 7.16. The molecule has 0 unspecified atom stereocenters. The van der Waals surface area contributed by atoms with Gasteiger partial charge in [-0.2, -0.15) is 9.61 Å². The van der Waals surface area contributed by atoms with Crippen molar-refractivity contribution in [1.29, 1.82) is 0 Å². The van der Waals surface area contributed by atoms with Gasteiger partial charge in [0, 0.05) is 11.0 Å². The summed E-state index contributed by atoms with van der Waals surface area (Å²) in [5.74, 6) is 0. The monoisotopic (exact) mass is 313 g/mol. The number of nitrogens with zero attached hydrogens (tertiary/aromatic N) is 3. The van der Waals surface area contributed by atoms with Gasteiger partial charge >= 0.3 is 0 Å². The van der Waals surface area contributed by atoms with E-state index < -0.39 is 0 Å². The van der Waals surface area contributed by atoms with E-state index in [9.17, 15) is 4.79 Å². The zero-order valence-corrected chi connectivity index (χ0v) is 14.1. The van der Waals surface area contributed by atoms with E-state index >= 15 is 0 Å². The van der Waals surface area contributed by atoms with E-state index in [1.807, 2.05) is 12.1 Å². The van der Waals surface area contributed by atoms with E-state index in [1.54, 1.807) is 4.52 Å². The van der Waals surface area contributed by atoms with Crippen molar-refractivity contribution in [2.24, 2.45) is 0 Å². The van der Waals surface area contributed by atoms with E-state index in [2.05, 4.69) is 49.9 Å². The summed E-state index contributed by atoms with van der Waals surface area (Å²) in [7, 11) is 0. The Labute approximate surface area is 133 Å². The Morgan fingerprint density at radius 1 is 1.23 bits per heavy atom. The number of rotatable bonds is 3. The minimum Gasteiger partial charge on any atom is -0.296 e. The van der Waals surface area contributed by atoms with Gasteiger partial charge in [0.2, 0.25) is 4.96 Å². The maximum atomic E-state index is 11.6. The highest BCUT2D eigenvalue weighted by atomic mass is 32.1. The van der Waals surface area contributed by atoms with Gasteiger partial charge in [-0.15, -0.1) is 0 Å². The summed E-state index contributed by atoms with van der Waals surface area (Å²) in [6.07, 6.45) is 1.84. The second-order valence-corrected chi connectivity index (χ2v) is 7.32. The average Bonchev–Trinajstić information content (AvgIpc) is 3.04. The Bertz CT molecular complexity index is 822. The maximum Gasteiger partial charge on any atom is 0.213 e. The van der Waals surface area contributed by atoms with Crippen molar-refractivity contribution >= 4 is 22.6 Å². The van der Waals surface area contributed by atoms with Gasteiger partial charge in [0.15, 0.2) is 6.29 Å². The Hall–Kier alpha value is -2.01. The molecule has 114 valence electrons. The van der Waals surface area contributed by atoms with Crippen LogP contribution in [0.2, 0.25) is 0 Å². The number of carbonyl (C=O) groups is 1. The van der Waals surface area contributed by atoms with Crippen molar-refractivity contribution in [2.75, 3.05) is 0 Å². The summed E-state index contributed by atoms with van der Waals surface area (Å²) < 4.78 is 1.67. The Morgan fingerprint density at radius 2 is 1.91 bits per heavy atom. The van der Waals surface area contributed by atoms with Crippen molar-refractivity contribution in [3.63, 3.8) is 0 Å². The van der Waals surface area contributed by atoms with Gasteiger partial charge in [-0.3, -0.25) is 4.79 Å². The molecule has 22 heavy (non-hydrogen) atoms. The van der Waals surface area contributed by atoms with E-state index in [0.29, 0.717) is 11.4 Å². The van der Waals surface area contributed by atoms with Crippen molar-refractivity contribution < 1.29 is 4.79 Å². The van der Waals surface area contributed by atoms with Crippen LogP contribution in [0, 0.1) is 0 Å². The number of imidazole rings is 1. The Kier molecular flexibility index (Phi) is 3.60. The van der Waals surface area contributed by atoms with Gasteiger partial charge in [-0.25, -0.2) is 4.98 Å². The third-order valence-electron chi connectivity index (χ3n) is 3.63. The minimum absolute atomic E-state index is 0.0472. The molecule has 0 atom stereocenters. The van der Waals surface area contributed by atoms with Crippen LogP contribution in [0.3, 0.4) is 0 Å². The largest absolute Gasteiger partial charge is 0.296 e. The molecular weight excluding hydrogens is 294 g/mol. The number of benzene rings is 1. The second-order valence-electron chi connectivity index (χ2n) is 6.37. The van der Waals surface area contributed by atoms with Crippen LogP contribution in [0.15, 0.2) is 24.3 Å². The SMILES string of the molecule is CCc1ccc(-c2nc3sc(C(C)(C)C)nn3c2C=O)cc1. The number of aldehydes is 1. The quantitative estimate of drug-likeness (QED) is 0.683. The van der Waals surface area contributed by atoms with Crippen LogP contribution in [0.5, 0.6) is 0 Å². The fourth-order valence-electron chi connectivity index (χ4n) is 2.28. The lowest BCUT2D eigenvalue weighted by atomic mass is 9.98. The molecule has 5 heteroatoms. The zero-order chi connectivity index (χ0) is 15.9. The fourth-order valence-corrected chi connectivity index (χ4v) is 3.25. The summed E-state index contributed by atoms with van der Waals surface area (Å²) in [5.41, 5.74) is 3.40.